The molecule has 2 nitrogen and oxygen atoms in total. The van der Waals surface area contributed by atoms with Gasteiger partial charge >= 0.3 is 0 Å². The first-order chi connectivity index (χ1) is 6.56. The first-order valence-corrected chi connectivity index (χ1v) is 5.59. The summed E-state index contributed by atoms with van der Waals surface area (Å²) >= 11 is 3.30. The lowest BCUT2D eigenvalue weighted by Gasteiger charge is -2.19. The molecule has 0 aliphatic heterocycles. The third-order valence-electron chi connectivity index (χ3n) is 2.61. The third kappa shape index (κ3) is 3.67. The maximum Gasteiger partial charge on any atom is 0.121 e. The zero-order valence-electron chi connectivity index (χ0n) is 8.90. The van der Waals surface area contributed by atoms with Gasteiger partial charge < -0.3 is 10.8 Å². The normalized spacial score (nSPS) is 14.1. The van der Waals surface area contributed by atoms with Gasteiger partial charge in [0.15, 0.2) is 0 Å². The highest BCUT2D eigenvalue weighted by molar-refractivity contribution is 9.10. The van der Waals surface area contributed by atoms with Crippen LogP contribution in [0.25, 0.3) is 0 Å². The van der Waals surface area contributed by atoms with Crippen LogP contribution >= 0.6 is 28.3 Å². The van der Waals surface area contributed by atoms with Gasteiger partial charge in [0.1, 0.15) is 5.75 Å². The van der Waals surface area contributed by atoms with Gasteiger partial charge in [-0.25, -0.2) is 0 Å². The fraction of sp³-hybridized carbons (Fsp3) is 0.455. The Hall–Kier alpha value is -0.250. The molecule has 0 aliphatic carbocycles. The standard InChI is InChI=1S/C11H16BrNO.ClH/c1-3-7(2)11(13)9-5-4-8(12)6-10(9)14;/h4-7,11,14H,3,13H2,1-2H3;1H/t7?,11-;/m1./s1. The highest BCUT2D eigenvalue weighted by Gasteiger charge is 2.16. The van der Waals surface area contributed by atoms with E-state index in [-0.39, 0.29) is 24.2 Å². The van der Waals surface area contributed by atoms with Gasteiger partial charge in [0.05, 0.1) is 0 Å². The van der Waals surface area contributed by atoms with Gasteiger partial charge in [0.25, 0.3) is 0 Å². The second kappa shape index (κ2) is 6.36. The average molecular weight is 295 g/mol. The molecular formula is C11H17BrClNO. The first-order valence-electron chi connectivity index (χ1n) is 4.80. The minimum Gasteiger partial charge on any atom is -0.508 e. The van der Waals surface area contributed by atoms with Crippen LogP contribution in [0, 0.1) is 5.92 Å². The topological polar surface area (TPSA) is 46.2 Å². The van der Waals surface area contributed by atoms with Crippen molar-refractivity contribution >= 4 is 28.3 Å². The van der Waals surface area contributed by atoms with Crippen molar-refractivity contribution in [1.82, 2.24) is 0 Å². The molecule has 0 amide bonds. The second-order valence-electron chi connectivity index (χ2n) is 3.61. The van der Waals surface area contributed by atoms with Crippen molar-refractivity contribution in [2.75, 3.05) is 0 Å². The Kier molecular flexibility index (Phi) is 6.25. The molecule has 86 valence electrons. The summed E-state index contributed by atoms with van der Waals surface area (Å²) < 4.78 is 0.870. The van der Waals surface area contributed by atoms with Crippen molar-refractivity contribution in [3.05, 3.63) is 28.2 Å². The summed E-state index contributed by atoms with van der Waals surface area (Å²) in [5.41, 5.74) is 6.85. The number of benzene rings is 1. The quantitative estimate of drug-likeness (QED) is 0.894. The molecule has 0 saturated heterocycles. The Bertz CT molecular complexity index is 319. The van der Waals surface area contributed by atoms with E-state index in [2.05, 4.69) is 29.8 Å². The molecule has 0 bridgehead atoms. The molecule has 0 radical (unpaired) electrons. The van der Waals surface area contributed by atoms with Crippen molar-refractivity contribution in [3.63, 3.8) is 0 Å². The van der Waals surface area contributed by atoms with E-state index in [0.29, 0.717) is 5.92 Å². The zero-order valence-corrected chi connectivity index (χ0v) is 11.3. The van der Waals surface area contributed by atoms with Gasteiger partial charge in [-0.2, -0.15) is 0 Å². The van der Waals surface area contributed by atoms with Crippen LogP contribution in [0.5, 0.6) is 5.75 Å². The van der Waals surface area contributed by atoms with Crippen LogP contribution in [0.15, 0.2) is 22.7 Å². The predicted molar refractivity (Wildman–Crippen MR) is 69.4 cm³/mol. The summed E-state index contributed by atoms with van der Waals surface area (Å²) in [5, 5.41) is 9.70. The molecule has 1 aromatic rings. The molecule has 0 saturated carbocycles. The van der Waals surface area contributed by atoms with Crippen LogP contribution in [0.3, 0.4) is 0 Å². The highest BCUT2D eigenvalue weighted by Crippen LogP contribution is 2.30. The molecule has 1 aromatic carbocycles. The number of hydrogen-bond acceptors (Lipinski definition) is 2. The Labute approximate surface area is 105 Å². The third-order valence-corrected chi connectivity index (χ3v) is 3.10. The molecule has 1 rings (SSSR count). The monoisotopic (exact) mass is 293 g/mol. The number of phenols is 1. The summed E-state index contributed by atoms with van der Waals surface area (Å²) in [6.07, 6.45) is 1.01. The molecule has 0 aromatic heterocycles. The van der Waals surface area contributed by atoms with E-state index in [4.69, 9.17) is 5.73 Å². The van der Waals surface area contributed by atoms with Gasteiger partial charge in [-0.3, -0.25) is 0 Å². The SMILES string of the molecule is CCC(C)[C@@H](N)c1ccc(Br)cc1O.Cl. The number of rotatable bonds is 3. The van der Waals surface area contributed by atoms with Crippen LogP contribution in [-0.2, 0) is 0 Å². The molecule has 3 N–H and O–H groups in total. The van der Waals surface area contributed by atoms with Crippen LogP contribution in [-0.4, -0.2) is 5.11 Å². The maximum absolute atomic E-state index is 9.70. The van der Waals surface area contributed by atoms with Gasteiger partial charge in [-0.15, -0.1) is 12.4 Å². The number of hydrogen-bond donors (Lipinski definition) is 2. The van der Waals surface area contributed by atoms with Crippen molar-refractivity contribution in [2.24, 2.45) is 11.7 Å². The van der Waals surface area contributed by atoms with E-state index >= 15 is 0 Å². The van der Waals surface area contributed by atoms with Crippen LogP contribution < -0.4 is 5.73 Å². The minimum atomic E-state index is -0.0897. The summed E-state index contributed by atoms with van der Waals surface area (Å²) in [6.45, 7) is 4.19. The van der Waals surface area contributed by atoms with E-state index in [1.807, 2.05) is 12.1 Å². The molecule has 15 heavy (non-hydrogen) atoms. The molecule has 4 heteroatoms. The van der Waals surface area contributed by atoms with E-state index < -0.39 is 0 Å². The van der Waals surface area contributed by atoms with E-state index in [0.717, 1.165) is 16.5 Å². The lowest BCUT2D eigenvalue weighted by atomic mass is 9.93. The maximum atomic E-state index is 9.70. The second-order valence-corrected chi connectivity index (χ2v) is 4.53. The van der Waals surface area contributed by atoms with Crippen molar-refractivity contribution in [1.29, 1.82) is 0 Å². The Morgan fingerprint density at radius 2 is 2.07 bits per heavy atom. The van der Waals surface area contributed by atoms with Crippen molar-refractivity contribution < 1.29 is 5.11 Å². The number of halogens is 2. The van der Waals surface area contributed by atoms with Crippen molar-refractivity contribution in [2.45, 2.75) is 26.3 Å². The van der Waals surface area contributed by atoms with Gasteiger partial charge in [-0.1, -0.05) is 42.3 Å². The van der Waals surface area contributed by atoms with E-state index in [9.17, 15) is 5.11 Å². The van der Waals surface area contributed by atoms with E-state index in [1.54, 1.807) is 6.07 Å². The minimum absolute atomic E-state index is 0. The summed E-state index contributed by atoms with van der Waals surface area (Å²) in [5.74, 6) is 0.647. The zero-order chi connectivity index (χ0) is 10.7. The van der Waals surface area contributed by atoms with E-state index in [1.165, 1.54) is 0 Å². The molecule has 0 fully saturated rings. The fourth-order valence-corrected chi connectivity index (χ4v) is 1.71. The molecule has 1 unspecified atom stereocenters. The Morgan fingerprint density at radius 3 is 2.53 bits per heavy atom. The molecule has 2 atom stereocenters. The summed E-state index contributed by atoms with van der Waals surface area (Å²) in [7, 11) is 0. The summed E-state index contributed by atoms with van der Waals surface area (Å²) in [4.78, 5) is 0. The lowest BCUT2D eigenvalue weighted by molar-refractivity contribution is 0.419. The smallest absolute Gasteiger partial charge is 0.121 e. The number of phenolic OH excluding ortho intramolecular Hbond substituents is 1. The van der Waals surface area contributed by atoms with Crippen molar-refractivity contribution in [3.8, 4) is 5.75 Å². The molecule has 0 aliphatic rings. The fourth-order valence-electron chi connectivity index (χ4n) is 1.36. The summed E-state index contributed by atoms with van der Waals surface area (Å²) in [6, 6.07) is 5.36. The van der Waals surface area contributed by atoms with Crippen LogP contribution in [0.2, 0.25) is 0 Å². The molecular weight excluding hydrogens is 277 g/mol. The molecule has 0 spiro atoms. The highest BCUT2D eigenvalue weighted by atomic mass is 79.9. The largest absolute Gasteiger partial charge is 0.508 e. The Morgan fingerprint density at radius 1 is 1.47 bits per heavy atom. The van der Waals surface area contributed by atoms with Crippen LogP contribution in [0.4, 0.5) is 0 Å². The average Bonchev–Trinajstić information content (AvgIpc) is 2.15. The van der Waals surface area contributed by atoms with Crippen LogP contribution in [0.1, 0.15) is 31.9 Å². The number of aromatic hydroxyl groups is 1. The van der Waals surface area contributed by atoms with Gasteiger partial charge in [-0.05, 0) is 18.1 Å². The van der Waals surface area contributed by atoms with Gasteiger partial charge in [0, 0.05) is 16.1 Å². The number of nitrogens with two attached hydrogens (primary N) is 1. The first kappa shape index (κ1) is 14.8. The lowest BCUT2D eigenvalue weighted by Crippen LogP contribution is -2.18. The molecule has 0 heterocycles. The van der Waals surface area contributed by atoms with Gasteiger partial charge in [0.2, 0.25) is 0 Å². The Balaban J connectivity index is 0.00000196. The predicted octanol–water partition coefficient (Wildman–Crippen LogP) is 3.62.